The topological polar surface area (TPSA) is 79.5 Å². The summed E-state index contributed by atoms with van der Waals surface area (Å²) in [5.74, 6) is -0.434. The van der Waals surface area contributed by atoms with Crippen molar-refractivity contribution in [1.29, 1.82) is 0 Å². The third-order valence-corrected chi connectivity index (χ3v) is 4.35. The number of carboxylic acid groups (broad SMARTS) is 1. The largest absolute Gasteiger partial charge is 0.478 e. The number of halogens is 2. The fraction of sp³-hybridized carbons (Fsp3) is 0.0476. The second-order valence-electron chi connectivity index (χ2n) is 6.02. The Morgan fingerprint density at radius 3 is 2.43 bits per heavy atom. The Morgan fingerprint density at radius 1 is 1.04 bits per heavy atom. The maximum absolute atomic E-state index is 12.2. The van der Waals surface area contributed by atoms with Crippen LogP contribution in [-0.4, -0.2) is 17.0 Å². The lowest BCUT2D eigenvalue weighted by Crippen LogP contribution is -2.10. The van der Waals surface area contributed by atoms with Gasteiger partial charge in [0, 0.05) is 27.4 Å². The van der Waals surface area contributed by atoms with Crippen LogP contribution in [0.4, 0.5) is 5.69 Å². The van der Waals surface area contributed by atoms with Crippen LogP contribution in [0.5, 0.6) is 0 Å². The first-order valence-electron chi connectivity index (χ1n) is 8.21. The van der Waals surface area contributed by atoms with Crippen LogP contribution in [0.25, 0.3) is 17.4 Å². The molecule has 5 nitrogen and oxygen atoms in total. The minimum atomic E-state index is -1.06. The van der Waals surface area contributed by atoms with Gasteiger partial charge >= 0.3 is 5.97 Å². The molecule has 0 bridgehead atoms. The summed E-state index contributed by atoms with van der Waals surface area (Å²) in [7, 11) is 0. The zero-order chi connectivity index (χ0) is 20.3. The van der Waals surface area contributed by atoms with Crippen molar-refractivity contribution in [3.63, 3.8) is 0 Å². The molecule has 0 aliphatic heterocycles. The normalized spacial score (nSPS) is 11.0. The van der Waals surface area contributed by atoms with Crippen molar-refractivity contribution in [3.05, 3.63) is 81.5 Å². The van der Waals surface area contributed by atoms with E-state index in [9.17, 15) is 9.59 Å². The lowest BCUT2D eigenvalue weighted by Gasteiger charge is -2.07. The van der Waals surface area contributed by atoms with E-state index in [0.717, 1.165) is 11.1 Å². The number of aryl methyl sites for hydroxylation is 1. The van der Waals surface area contributed by atoms with Gasteiger partial charge in [-0.3, -0.25) is 4.79 Å². The predicted octanol–water partition coefficient (Wildman–Crippen LogP) is 5.91. The average Bonchev–Trinajstić information content (AvgIpc) is 3.10. The highest BCUT2D eigenvalue weighted by Crippen LogP contribution is 2.29. The third-order valence-electron chi connectivity index (χ3n) is 3.92. The molecule has 3 aromatic rings. The molecule has 2 N–H and O–H groups in total. The van der Waals surface area contributed by atoms with Crippen molar-refractivity contribution in [2.75, 3.05) is 5.32 Å². The molecule has 28 heavy (non-hydrogen) atoms. The molecule has 0 saturated carbocycles. The molecule has 0 saturated heterocycles. The Balaban J connectivity index is 1.72. The maximum atomic E-state index is 12.2. The minimum absolute atomic E-state index is 0.0979. The zero-order valence-corrected chi connectivity index (χ0v) is 16.2. The van der Waals surface area contributed by atoms with Crippen LogP contribution < -0.4 is 5.32 Å². The smallest absolute Gasteiger partial charge is 0.335 e. The van der Waals surface area contributed by atoms with Gasteiger partial charge in [-0.2, -0.15) is 0 Å². The number of hydrogen-bond donors (Lipinski definition) is 2. The van der Waals surface area contributed by atoms with Gasteiger partial charge in [0.15, 0.2) is 0 Å². The molecule has 0 unspecified atom stereocenters. The number of furan rings is 1. The molecule has 0 atom stereocenters. The predicted molar refractivity (Wildman–Crippen MR) is 110 cm³/mol. The summed E-state index contributed by atoms with van der Waals surface area (Å²) in [6.07, 6.45) is 2.82. The van der Waals surface area contributed by atoms with Crippen LogP contribution in [0.15, 0.2) is 59.0 Å². The minimum Gasteiger partial charge on any atom is -0.478 e. The van der Waals surface area contributed by atoms with E-state index >= 15 is 0 Å². The number of rotatable bonds is 5. The standard InChI is InChI=1S/C21H15Cl2NO4/c1-12-2-3-13(21(26)27)10-18(12)24-20(25)7-5-17-4-6-19(28-17)14-8-15(22)11-16(23)9-14/h2-11H,1H3,(H,24,25)(H,26,27)/b7-5+. The number of hydrogen-bond acceptors (Lipinski definition) is 3. The first kappa shape index (κ1) is 19.7. The van der Waals surface area contributed by atoms with E-state index in [-0.39, 0.29) is 5.56 Å². The van der Waals surface area contributed by atoms with Gasteiger partial charge in [-0.15, -0.1) is 0 Å². The highest BCUT2D eigenvalue weighted by molar-refractivity contribution is 6.35. The summed E-state index contributed by atoms with van der Waals surface area (Å²) in [6.45, 7) is 1.78. The van der Waals surface area contributed by atoms with Gasteiger partial charge in [0.25, 0.3) is 0 Å². The van der Waals surface area contributed by atoms with Gasteiger partial charge in [-0.05, 0) is 61.0 Å². The van der Waals surface area contributed by atoms with Crippen molar-refractivity contribution >= 4 is 46.8 Å². The van der Waals surface area contributed by atoms with E-state index in [1.165, 1.54) is 24.3 Å². The summed E-state index contributed by atoms with van der Waals surface area (Å²) >= 11 is 12.0. The van der Waals surface area contributed by atoms with Crippen molar-refractivity contribution < 1.29 is 19.1 Å². The molecule has 1 aromatic heterocycles. The van der Waals surface area contributed by atoms with Crippen molar-refractivity contribution in [2.45, 2.75) is 6.92 Å². The molecule has 0 aliphatic carbocycles. The van der Waals surface area contributed by atoms with Crippen molar-refractivity contribution in [3.8, 4) is 11.3 Å². The van der Waals surface area contributed by atoms with Crippen molar-refractivity contribution in [1.82, 2.24) is 0 Å². The molecule has 1 amide bonds. The fourth-order valence-corrected chi connectivity index (χ4v) is 3.04. The van der Waals surface area contributed by atoms with Gasteiger partial charge in [0.05, 0.1) is 5.56 Å². The second-order valence-corrected chi connectivity index (χ2v) is 6.89. The van der Waals surface area contributed by atoms with Crippen molar-refractivity contribution in [2.24, 2.45) is 0 Å². The monoisotopic (exact) mass is 415 g/mol. The molecule has 0 aliphatic rings. The van der Waals surface area contributed by atoms with Crippen LogP contribution in [0.2, 0.25) is 10.0 Å². The molecule has 142 valence electrons. The molecule has 0 spiro atoms. The summed E-state index contributed by atoms with van der Waals surface area (Å²) in [5, 5.41) is 12.7. The first-order chi connectivity index (χ1) is 13.3. The Kier molecular flexibility index (Phi) is 5.87. The van der Waals surface area contributed by atoms with Crippen LogP contribution in [-0.2, 0) is 4.79 Å². The van der Waals surface area contributed by atoms with Gasteiger partial charge < -0.3 is 14.8 Å². The number of carbonyl (C=O) groups is 2. The number of amides is 1. The van der Waals surface area contributed by atoms with Gasteiger partial charge in [-0.25, -0.2) is 4.79 Å². The summed E-state index contributed by atoms with van der Waals surface area (Å²) in [5.41, 5.74) is 2.01. The lowest BCUT2D eigenvalue weighted by molar-refractivity contribution is -0.111. The van der Waals surface area contributed by atoms with E-state index in [1.54, 1.807) is 43.3 Å². The Morgan fingerprint density at radius 2 is 1.75 bits per heavy atom. The molecule has 0 radical (unpaired) electrons. The Labute approximate surface area is 171 Å². The molecule has 0 fully saturated rings. The highest BCUT2D eigenvalue weighted by atomic mass is 35.5. The van der Waals surface area contributed by atoms with E-state index in [1.807, 2.05) is 0 Å². The van der Waals surface area contributed by atoms with Gasteiger partial charge in [-0.1, -0.05) is 29.3 Å². The van der Waals surface area contributed by atoms with E-state index in [4.69, 9.17) is 32.7 Å². The summed E-state index contributed by atoms with van der Waals surface area (Å²) in [4.78, 5) is 23.2. The van der Waals surface area contributed by atoms with Crippen LogP contribution >= 0.6 is 23.2 Å². The number of anilines is 1. The van der Waals surface area contributed by atoms with E-state index < -0.39 is 11.9 Å². The summed E-state index contributed by atoms with van der Waals surface area (Å²) < 4.78 is 5.69. The number of carboxylic acids is 1. The second kappa shape index (κ2) is 8.33. The lowest BCUT2D eigenvalue weighted by atomic mass is 10.1. The van der Waals surface area contributed by atoms with E-state index in [0.29, 0.717) is 27.3 Å². The van der Waals surface area contributed by atoms with Crippen LogP contribution in [0, 0.1) is 6.92 Å². The Hall–Kier alpha value is -3.02. The number of benzene rings is 2. The molecular formula is C21H15Cl2NO4. The third kappa shape index (κ3) is 4.82. The molecular weight excluding hydrogens is 401 g/mol. The van der Waals surface area contributed by atoms with Gasteiger partial charge in [0.2, 0.25) is 5.91 Å². The number of carbonyl (C=O) groups excluding carboxylic acids is 1. The number of aromatic carboxylic acids is 1. The Bertz CT molecular complexity index is 1070. The zero-order valence-electron chi connectivity index (χ0n) is 14.7. The van der Waals surface area contributed by atoms with E-state index in [2.05, 4.69) is 5.32 Å². The molecule has 7 heteroatoms. The fourth-order valence-electron chi connectivity index (χ4n) is 2.52. The summed E-state index contributed by atoms with van der Waals surface area (Å²) in [6, 6.07) is 13.1. The number of nitrogens with one attached hydrogen (secondary N) is 1. The van der Waals surface area contributed by atoms with Crippen LogP contribution in [0.3, 0.4) is 0 Å². The SMILES string of the molecule is Cc1ccc(C(=O)O)cc1NC(=O)/C=C/c1ccc(-c2cc(Cl)cc(Cl)c2)o1. The van der Waals surface area contributed by atoms with Crippen LogP contribution in [0.1, 0.15) is 21.7 Å². The molecule has 2 aromatic carbocycles. The molecule has 3 rings (SSSR count). The molecule has 1 heterocycles. The van der Waals surface area contributed by atoms with Gasteiger partial charge in [0.1, 0.15) is 11.5 Å². The highest BCUT2D eigenvalue weighted by Gasteiger charge is 2.09. The quantitative estimate of drug-likeness (QED) is 0.507. The first-order valence-corrected chi connectivity index (χ1v) is 8.97. The maximum Gasteiger partial charge on any atom is 0.335 e. The average molecular weight is 416 g/mol.